The summed E-state index contributed by atoms with van der Waals surface area (Å²) in [6.07, 6.45) is 0. The summed E-state index contributed by atoms with van der Waals surface area (Å²) in [7, 11) is 0. The Bertz CT molecular complexity index is 1360. The van der Waals surface area contributed by atoms with Crippen molar-refractivity contribution in [2.45, 2.75) is 6.92 Å². The molecule has 6 nitrogen and oxygen atoms in total. The van der Waals surface area contributed by atoms with Crippen LogP contribution in [-0.2, 0) is 0 Å². The lowest BCUT2D eigenvalue weighted by atomic mass is 10.1. The number of nitrogens with zero attached hydrogens (tertiary/aromatic N) is 2. The Morgan fingerprint density at radius 3 is 2.15 bits per heavy atom. The molecule has 1 heterocycles. The van der Waals surface area contributed by atoms with Crippen LogP contribution in [0.5, 0.6) is 0 Å². The molecule has 0 spiro atoms. The van der Waals surface area contributed by atoms with Crippen molar-refractivity contribution in [3.8, 4) is 16.9 Å². The third-order valence-corrected chi connectivity index (χ3v) is 5.77. The second kappa shape index (κ2) is 9.27. The number of benzene rings is 3. The molecule has 4 aromatic rings. The number of hydrogen-bond acceptors (Lipinski definition) is 3. The molecule has 0 aliphatic heterocycles. The van der Waals surface area contributed by atoms with Gasteiger partial charge in [-0.25, -0.2) is 9.48 Å². The van der Waals surface area contributed by atoms with Gasteiger partial charge in [0, 0.05) is 26.9 Å². The summed E-state index contributed by atoms with van der Waals surface area (Å²) in [4.78, 5) is 24.1. The first kappa shape index (κ1) is 22.9. The summed E-state index contributed by atoms with van der Waals surface area (Å²) >= 11 is 18.6. The van der Waals surface area contributed by atoms with E-state index in [1.165, 1.54) is 24.3 Å². The number of carbonyl (C=O) groups is 2. The van der Waals surface area contributed by atoms with Crippen molar-refractivity contribution >= 4 is 52.4 Å². The highest BCUT2D eigenvalue weighted by atomic mass is 35.5. The molecule has 2 N–H and O–H groups in total. The van der Waals surface area contributed by atoms with Crippen LogP contribution in [0.25, 0.3) is 16.9 Å². The van der Waals surface area contributed by atoms with Crippen LogP contribution in [0.3, 0.4) is 0 Å². The summed E-state index contributed by atoms with van der Waals surface area (Å²) in [6.45, 7) is 1.79. The Morgan fingerprint density at radius 1 is 0.909 bits per heavy atom. The molecule has 0 unspecified atom stereocenters. The van der Waals surface area contributed by atoms with Crippen molar-refractivity contribution in [3.05, 3.63) is 98.6 Å². The van der Waals surface area contributed by atoms with Gasteiger partial charge in [0.25, 0.3) is 5.91 Å². The van der Waals surface area contributed by atoms with E-state index in [1.54, 1.807) is 41.9 Å². The number of nitrogens with one attached hydrogen (secondary N) is 1. The zero-order valence-electron chi connectivity index (χ0n) is 17.1. The Balaban J connectivity index is 1.79. The van der Waals surface area contributed by atoms with Crippen LogP contribution in [0.2, 0.25) is 15.1 Å². The second-order valence-electron chi connectivity index (χ2n) is 7.17. The van der Waals surface area contributed by atoms with Gasteiger partial charge in [-0.2, -0.15) is 5.10 Å². The van der Waals surface area contributed by atoms with Crippen molar-refractivity contribution in [2.24, 2.45) is 0 Å². The number of aromatic carboxylic acids is 1. The van der Waals surface area contributed by atoms with Crippen LogP contribution < -0.4 is 5.32 Å². The van der Waals surface area contributed by atoms with E-state index >= 15 is 0 Å². The van der Waals surface area contributed by atoms with Crippen molar-refractivity contribution in [2.75, 3.05) is 5.32 Å². The van der Waals surface area contributed by atoms with Crippen LogP contribution in [0.15, 0.2) is 66.7 Å². The molecule has 0 aliphatic rings. The second-order valence-corrected chi connectivity index (χ2v) is 8.45. The van der Waals surface area contributed by atoms with Crippen LogP contribution >= 0.6 is 34.8 Å². The first-order valence-corrected chi connectivity index (χ1v) is 10.8. The van der Waals surface area contributed by atoms with Gasteiger partial charge in [-0.1, -0.05) is 46.9 Å². The molecular formula is C24H16Cl3N3O3. The zero-order valence-corrected chi connectivity index (χ0v) is 19.4. The summed E-state index contributed by atoms with van der Waals surface area (Å²) in [5.41, 5.74) is 3.39. The number of hydrogen-bond donors (Lipinski definition) is 2. The molecular weight excluding hydrogens is 485 g/mol. The molecule has 33 heavy (non-hydrogen) atoms. The van der Waals surface area contributed by atoms with Gasteiger partial charge in [-0.15, -0.1) is 0 Å². The largest absolute Gasteiger partial charge is 0.478 e. The molecule has 0 aliphatic carbocycles. The molecule has 4 rings (SSSR count). The normalized spacial score (nSPS) is 10.8. The van der Waals surface area contributed by atoms with Gasteiger partial charge in [-0.3, -0.25) is 4.79 Å². The molecule has 0 saturated carbocycles. The van der Waals surface area contributed by atoms with Gasteiger partial charge in [-0.05, 0) is 61.5 Å². The highest BCUT2D eigenvalue weighted by molar-refractivity contribution is 6.35. The highest BCUT2D eigenvalue weighted by Gasteiger charge is 2.23. The highest BCUT2D eigenvalue weighted by Crippen LogP contribution is 2.33. The fourth-order valence-electron chi connectivity index (χ4n) is 3.37. The van der Waals surface area contributed by atoms with E-state index in [1.807, 2.05) is 12.1 Å². The van der Waals surface area contributed by atoms with Crippen LogP contribution in [0.4, 0.5) is 5.69 Å². The van der Waals surface area contributed by atoms with E-state index in [9.17, 15) is 9.59 Å². The first-order chi connectivity index (χ1) is 15.7. The van der Waals surface area contributed by atoms with E-state index in [0.29, 0.717) is 37.7 Å². The number of amides is 1. The molecule has 166 valence electrons. The summed E-state index contributed by atoms with van der Waals surface area (Å²) in [5.74, 6) is -1.50. The molecule has 1 aromatic heterocycles. The topological polar surface area (TPSA) is 84.2 Å². The number of carboxylic acids is 1. The number of aromatic nitrogens is 2. The standard InChI is InChI=1S/C24H16Cl3N3O3/c1-13-21(23(31)28-18-9-4-15(5-10-18)24(32)33)29-30(20-11-8-17(26)12-19(20)27)22(13)14-2-6-16(25)7-3-14/h2-12H,1H3,(H,28,31)(H,32,33). The minimum absolute atomic E-state index is 0.121. The van der Waals surface area contributed by atoms with Crippen LogP contribution in [-0.4, -0.2) is 26.8 Å². The van der Waals surface area contributed by atoms with Crippen LogP contribution in [0, 0.1) is 6.92 Å². The molecule has 1 amide bonds. The molecule has 3 aromatic carbocycles. The molecule has 0 fully saturated rings. The third-order valence-electron chi connectivity index (χ3n) is 4.98. The van der Waals surface area contributed by atoms with E-state index in [-0.39, 0.29) is 11.3 Å². The molecule has 9 heteroatoms. The lowest BCUT2D eigenvalue weighted by Crippen LogP contribution is -2.14. The minimum Gasteiger partial charge on any atom is -0.478 e. The predicted molar refractivity (Wildman–Crippen MR) is 130 cm³/mol. The molecule has 0 bridgehead atoms. The maximum absolute atomic E-state index is 13.1. The number of carboxylic acid groups (broad SMARTS) is 1. The van der Waals surface area contributed by atoms with Gasteiger partial charge in [0.15, 0.2) is 5.69 Å². The van der Waals surface area contributed by atoms with Crippen molar-refractivity contribution < 1.29 is 14.7 Å². The van der Waals surface area contributed by atoms with Gasteiger partial charge in [0.05, 0.1) is 22.0 Å². The molecule has 0 radical (unpaired) electrons. The fraction of sp³-hybridized carbons (Fsp3) is 0.0417. The van der Waals surface area contributed by atoms with E-state index in [4.69, 9.17) is 39.9 Å². The fourth-order valence-corrected chi connectivity index (χ4v) is 3.99. The molecule has 0 atom stereocenters. The van der Waals surface area contributed by atoms with Crippen LogP contribution in [0.1, 0.15) is 26.4 Å². The van der Waals surface area contributed by atoms with Crippen molar-refractivity contribution in [1.29, 1.82) is 0 Å². The maximum Gasteiger partial charge on any atom is 0.335 e. The lowest BCUT2D eigenvalue weighted by Gasteiger charge is -2.11. The molecule has 0 saturated heterocycles. The third kappa shape index (κ3) is 4.73. The number of anilines is 1. The van der Waals surface area contributed by atoms with Gasteiger partial charge < -0.3 is 10.4 Å². The Hall–Kier alpha value is -3.32. The summed E-state index contributed by atoms with van der Waals surface area (Å²) < 4.78 is 1.60. The van der Waals surface area contributed by atoms with Gasteiger partial charge in [0.1, 0.15) is 0 Å². The predicted octanol–water partition coefficient (Wildman–Crippen LogP) is 6.76. The average Bonchev–Trinajstić information content (AvgIpc) is 3.11. The monoisotopic (exact) mass is 499 g/mol. The SMILES string of the molecule is Cc1c(C(=O)Nc2ccc(C(=O)O)cc2)nn(-c2ccc(Cl)cc2Cl)c1-c1ccc(Cl)cc1. The smallest absolute Gasteiger partial charge is 0.335 e. The van der Waals surface area contributed by atoms with Crippen molar-refractivity contribution in [3.63, 3.8) is 0 Å². The van der Waals surface area contributed by atoms with E-state index in [2.05, 4.69) is 10.4 Å². The number of carbonyl (C=O) groups excluding carboxylic acids is 1. The van der Waals surface area contributed by atoms with E-state index < -0.39 is 11.9 Å². The Morgan fingerprint density at radius 2 is 1.55 bits per heavy atom. The summed E-state index contributed by atoms with van der Waals surface area (Å²) in [5, 5.41) is 17.8. The van der Waals surface area contributed by atoms with Gasteiger partial charge in [0.2, 0.25) is 0 Å². The van der Waals surface area contributed by atoms with Crippen molar-refractivity contribution in [1.82, 2.24) is 9.78 Å². The quantitative estimate of drug-likeness (QED) is 0.317. The first-order valence-electron chi connectivity index (χ1n) is 9.70. The lowest BCUT2D eigenvalue weighted by molar-refractivity contribution is 0.0696. The van der Waals surface area contributed by atoms with Gasteiger partial charge >= 0.3 is 5.97 Å². The number of rotatable bonds is 5. The van der Waals surface area contributed by atoms with E-state index in [0.717, 1.165) is 5.56 Å². The summed E-state index contributed by atoms with van der Waals surface area (Å²) in [6, 6.07) is 18.0. The Labute approximate surface area is 204 Å². The minimum atomic E-state index is -1.05. The number of halogens is 3. The maximum atomic E-state index is 13.1. The average molecular weight is 501 g/mol. The zero-order chi connectivity index (χ0) is 23.7. The Kier molecular flexibility index (Phi) is 6.42.